The summed E-state index contributed by atoms with van der Waals surface area (Å²) in [6.45, 7) is 2.22. The Balaban J connectivity index is 1.69. The third kappa shape index (κ3) is 5.34. The number of rotatable bonds is 6. The lowest BCUT2D eigenvalue weighted by Crippen LogP contribution is -3.12. The van der Waals surface area contributed by atoms with Crippen LogP contribution in [-0.4, -0.2) is 33.1 Å². The quantitative estimate of drug-likeness (QED) is 0.609. The fourth-order valence-electron chi connectivity index (χ4n) is 4.08. The molecule has 0 bridgehead atoms. The predicted octanol–water partition coefficient (Wildman–Crippen LogP) is 3.84. The van der Waals surface area contributed by atoms with Crippen LogP contribution in [0.15, 0.2) is 90.0 Å². The van der Waals surface area contributed by atoms with Gasteiger partial charge in [-0.3, -0.25) is 4.79 Å². The average Bonchev–Trinajstić information content (AvgIpc) is 2.83. The van der Waals surface area contributed by atoms with Gasteiger partial charge in [0, 0.05) is 5.56 Å². The van der Waals surface area contributed by atoms with E-state index in [-0.39, 0.29) is 5.78 Å². The number of carbonyl (C=O) groups is 1. The van der Waals surface area contributed by atoms with Gasteiger partial charge in [-0.15, -0.1) is 0 Å². The Morgan fingerprint density at radius 3 is 1.78 bits per heavy atom. The molecule has 1 fully saturated rings. The van der Waals surface area contributed by atoms with Crippen LogP contribution in [0, 0.1) is 0 Å². The van der Waals surface area contributed by atoms with Crippen LogP contribution in [0.3, 0.4) is 0 Å². The number of ketones is 1. The lowest BCUT2D eigenvalue weighted by atomic mass is 9.93. The zero-order valence-corrected chi connectivity index (χ0v) is 18.5. The molecule has 3 aromatic carbocycles. The van der Waals surface area contributed by atoms with Gasteiger partial charge in [-0.2, -0.15) is 0 Å². The van der Waals surface area contributed by atoms with Gasteiger partial charge in [-0.1, -0.05) is 54.6 Å². The van der Waals surface area contributed by atoms with Crippen LogP contribution in [-0.2, 0) is 11.3 Å². The van der Waals surface area contributed by atoms with Crippen molar-refractivity contribution in [1.29, 1.82) is 0 Å². The number of nitrogens with one attached hydrogen (secondary N) is 1. The Morgan fingerprint density at radius 1 is 0.750 bits per heavy atom. The van der Waals surface area contributed by atoms with E-state index in [2.05, 4.69) is 24.3 Å². The second kappa shape index (κ2) is 10.1. The van der Waals surface area contributed by atoms with E-state index >= 15 is 0 Å². The van der Waals surface area contributed by atoms with E-state index < -0.39 is 0 Å². The molecule has 1 N–H and O–H groups in total. The van der Waals surface area contributed by atoms with Gasteiger partial charge < -0.3 is 14.4 Å². The second-order valence-corrected chi connectivity index (χ2v) is 7.99. The van der Waals surface area contributed by atoms with Gasteiger partial charge in [0.15, 0.2) is 5.78 Å². The Labute approximate surface area is 189 Å². The molecule has 162 valence electrons. The summed E-state index contributed by atoms with van der Waals surface area (Å²) >= 11 is 0. The smallest absolute Gasteiger partial charge is 0.196 e. The van der Waals surface area contributed by atoms with E-state index in [1.165, 1.54) is 10.5 Å². The number of quaternary nitrogens is 1. The molecule has 32 heavy (non-hydrogen) atoms. The number of benzene rings is 3. The Kier molecular flexibility index (Phi) is 6.83. The van der Waals surface area contributed by atoms with Crippen LogP contribution in [0.25, 0.3) is 12.2 Å². The zero-order chi connectivity index (χ0) is 22.3. The first-order chi connectivity index (χ1) is 15.6. The van der Waals surface area contributed by atoms with Crippen LogP contribution < -0.4 is 14.4 Å². The molecular formula is C28H28NO3+. The molecule has 4 rings (SSSR count). The molecule has 1 aliphatic rings. The Hall–Kier alpha value is -3.63. The molecule has 4 nitrogen and oxygen atoms in total. The fraction of sp³-hybridized carbons (Fsp3) is 0.179. The van der Waals surface area contributed by atoms with Crippen LogP contribution in [0.5, 0.6) is 11.5 Å². The van der Waals surface area contributed by atoms with E-state index in [0.29, 0.717) is 13.1 Å². The van der Waals surface area contributed by atoms with Crippen molar-refractivity contribution < 1.29 is 19.2 Å². The summed E-state index contributed by atoms with van der Waals surface area (Å²) in [6, 6.07) is 26.0. The predicted molar refractivity (Wildman–Crippen MR) is 128 cm³/mol. The number of hydrogen-bond donors (Lipinski definition) is 1. The summed E-state index contributed by atoms with van der Waals surface area (Å²) in [7, 11) is 3.30. The lowest BCUT2D eigenvalue weighted by Gasteiger charge is -2.27. The first-order valence-electron chi connectivity index (χ1n) is 10.8. The van der Waals surface area contributed by atoms with Crippen molar-refractivity contribution in [2.75, 3.05) is 27.3 Å². The normalized spacial score (nSPS) is 18.7. The molecule has 0 aromatic heterocycles. The van der Waals surface area contributed by atoms with E-state index in [4.69, 9.17) is 9.47 Å². The van der Waals surface area contributed by atoms with Crippen LogP contribution in [0.2, 0.25) is 0 Å². The average molecular weight is 427 g/mol. The number of Topliss-reactive ketones (excluding diaryl/α,β-unsaturated/α-hetero) is 1. The Bertz CT molecular complexity index is 1080. The third-order valence-electron chi connectivity index (χ3n) is 5.63. The number of ether oxygens (including phenoxy) is 2. The van der Waals surface area contributed by atoms with E-state index in [1.54, 1.807) is 14.2 Å². The minimum Gasteiger partial charge on any atom is -0.497 e. The summed E-state index contributed by atoms with van der Waals surface area (Å²) < 4.78 is 10.7. The molecule has 0 radical (unpaired) electrons. The molecule has 0 saturated carbocycles. The minimum atomic E-state index is 0.104. The largest absolute Gasteiger partial charge is 0.497 e. The van der Waals surface area contributed by atoms with E-state index in [9.17, 15) is 4.79 Å². The van der Waals surface area contributed by atoms with Crippen molar-refractivity contribution in [2.45, 2.75) is 6.54 Å². The SMILES string of the molecule is COc1cccc(/C=C2\C[NH+](Cc3ccccc3)C/C(=C\c3cccc(OC)c3)C2=O)c1. The highest BCUT2D eigenvalue weighted by Crippen LogP contribution is 2.20. The maximum Gasteiger partial charge on any atom is 0.196 e. The van der Waals surface area contributed by atoms with Crippen molar-refractivity contribution in [1.82, 2.24) is 0 Å². The van der Waals surface area contributed by atoms with Crippen LogP contribution >= 0.6 is 0 Å². The maximum absolute atomic E-state index is 13.4. The topological polar surface area (TPSA) is 40.0 Å². The van der Waals surface area contributed by atoms with Crippen molar-refractivity contribution in [3.05, 3.63) is 107 Å². The highest BCUT2D eigenvalue weighted by Gasteiger charge is 2.29. The molecule has 1 saturated heterocycles. The number of likely N-dealkylation sites (tertiary alicyclic amines) is 1. The molecule has 1 heterocycles. The summed E-state index contributed by atoms with van der Waals surface area (Å²) in [5.74, 6) is 1.67. The highest BCUT2D eigenvalue weighted by atomic mass is 16.5. The zero-order valence-electron chi connectivity index (χ0n) is 18.5. The number of piperidine rings is 1. The lowest BCUT2D eigenvalue weighted by molar-refractivity contribution is -0.904. The number of methoxy groups -OCH3 is 2. The molecule has 4 heteroatoms. The Morgan fingerprint density at radius 2 is 1.28 bits per heavy atom. The van der Waals surface area contributed by atoms with Gasteiger partial charge in [0.2, 0.25) is 0 Å². The summed E-state index contributed by atoms with van der Waals surface area (Å²) in [5, 5.41) is 0. The van der Waals surface area contributed by atoms with E-state index in [1.807, 2.05) is 66.7 Å². The fourth-order valence-corrected chi connectivity index (χ4v) is 4.08. The van der Waals surface area contributed by atoms with Gasteiger partial charge in [-0.25, -0.2) is 0 Å². The van der Waals surface area contributed by atoms with Crippen LogP contribution in [0.1, 0.15) is 16.7 Å². The van der Waals surface area contributed by atoms with Gasteiger partial charge in [-0.05, 0) is 47.5 Å². The molecule has 1 aliphatic heterocycles. The van der Waals surface area contributed by atoms with Crippen molar-refractivity contribution in [3.63, 3.8) is 0 Å². The van der Waals surface area contributed by atoms with Gasteiger partial charge in [0.1, 0.15) is 31.1 Å². The molecule has 0 amide bonds. The summed E-state index contributed by atoms with van der Waals surface area (Å²) in [6.07, 6.45) is 3.99. The monoisotopic (exact) mass is 426 g/mol. The first-order valence-corrected chi connectivity index (χ1v) is 10.8. The highest BCUT2D eigenvalue weighted by molar-refractivity contribution is 6.14. The van der Waals surface area contributed by atoms with Crippen molar-refractivity contribution in [2.24, 2.45) is 0 Å². The van der Waals surface area contributed by atoms with Gasteiger partial charge in [0.05, 0.1) is 25.4 Å². The summed E-state index contributed by atoms with van der Waals surface area (Å²) in [5.41, 5.74) is 4.82. The van der Waals surface area contributed by atoms with Gasteiger partial charge >= 0.3 is 0 Å². The maximum atomic E-state index is 13.4. The first kappa shape index (κ1) is 21.6. The molecule has 0 unspecified atom stereocenters. The van der Waals surface area contributed by atoms with Crippen molar-refractivity contribution >= 4 is 17.9 Å². The standard InChI is InChI=1S/C28H27NO3/c1-31-26-12-6-10-22(16-26)14-24-19-29(18-21-8-4-3-5-9-21)20-25(28(24)30)15-23-11-7-13-27(17-23)32-2/h3-17H,18-20H2,1-2H3/p+1/b24-14+,25-15+. The summed E-state index contributed by atoms with van der Waals surface area (Å²) in [4.78, 5) is 14.8. The van der Waals surface area contributed by atoms with Gasteiger partial charge in [0.25, 0.3) is 0 Å². The number of carbonyl (C=O) groups excluding carboxylic acids is 1. The molecule has 0 spiro atoms. The van der Waals surface area contributed by atoms with Crippen molar-refractivity contribution in [3.8, 4) is 11.5 Å². The molecular weight excluding hydrogens is 398 g/mol. The third-order valence-corrected chi connectivity index (χ3v) is 5.63. The minimum absolute atomic E-state index is 0.104. The molecule has 3 aromatic rings. The number of hydrogen-bond acceptors (Lipinski definition) is 3. The second-order valence-electron chi connectivity index (χ2n) is 7.99. The molecule has 0 aliphatic carbocycles. The van der Waals surface area contributed by atoms with E-state index in [0.717, 1.165) is 40.3 Å². The molecule has 0 atom stereocenters. The van der Waals surface area contributed by atoms with Crippen LogP contribution in [0.4, 0.5) is 0 Å².